The topological polar surface area (TPSA) is 80.4 Å². The highest BCUT2D eigenvalue weighted by Gasteiger charge is 2.22. The van der Waals surface area contributed by atoms with Crippen LogP contribution in [0.15, 0.2) is 35.5 Å². The van der Waals surface area contributed by atoms with E-state index < -0.39 is 0 Å². The lowest BCUT2D eigenvalue weighted by molar-refractivity contribution is 0.0946. The zero-order valence-electron chi connectivity index (χ0n) is 14.8. The smallest absolute Gasteiger partial charge is 0.251 e. The van der Waals surface area contributed by atoms with E-state index in [1.807, 2.05) is 25.1 Å². The van der Waals surface area contributed by atoms with Gasteiger partial charge in [-0.25, -0.2) is 0 Å². The maximum absolute atomic E-state index is 12.1. The van der Waals surface area contributed by atoms with Crippen molar-refractivity contribution in [3.8, 4) is 0 Å². The Morgan fingerprint density at radius 3 is 2.96 bits per heavy atom. The quantitative estimate of drug-likeness (QED) is 0.814. The Bertz CT molecular complexity index is 901. The first-order valence-electron chi connectivity index (χ1n) is 8.43. The second-order valence-corrected chi connectivity index (χ2v) is 6.64. The SMILES string of the molecule is CN=C/C=C(\N)c1ccc(Cc2cc3c(c(Cl)c2C)CCNC3=O)cn1. The lowest BCUT2D eigenvalue weighted by atomic mass is 9.91. The van der Waals surface area contributed by atoms with Gasteiger partial charge in [-0.3, -0.25) is 14.8 Å². The molecular formula is C20H21ClN4O. The molecule has 1 aliphatic heterocycles. The minimum atomic E-state index is -0.0571. The molecule has 2 heterocycles. The Morgan fingerprint density at radius 2 is 2.27 bits per heavy atom. The van der Waals surface area contributed by atoms with Crippen molar-refractivity contribution in [1.82, 2.24) is 10.3 Å². The van der Waals surface area contributed by atoms with Crippen molar-refractivity contribution in [2.45, 2.75) is 19.8 Å². The second-order valence-electron chi connectivity index (χ2n) is 6.26. The van der Waals surface area contributed by atoms with Crippen molar-refractivity contribution in [3.63, 3.8) is 0 Å². The van der Waals surface area contributed by atoms with E-state index in [1.54, 1.807) is 25.5 Å². The molecule has 1 aromatic heterocycles. The van der Waals surface area contributed by atoms with Gasteiger partial charge in [0.1, 0.15) is 0 Å². The van der Waals surface area contributed by atoms with Gasteiger partial charge in [0.25, 0.3) is 5.91 Å². The predicted octanol–water partition coefficient (Wildman–Crippen LogP) is 2.92. The highest BCUT2D eigenvalue weighted by molar-refractivity contribution is 6.32. The Balaban J connectivity index is 1.89. The standard InChI is InChI=1S/C20H21ClN4O/c1-12-14(10-16-15(19(12)21)5-8-24-20(16)26)9-13-3-4-18(25-11-13)17(22)6-7-23-2/h3-4,6-7,10-11H,5,8-9,22H2,1-2H3,(H,24,26)/b17-6-,23-7?. The fourth-order valence-electron chi connectivity index (χ4n) is 3.04. The number of hydrogen-bond donors (Lipinski definition) is 2. The van der Waals surface area contributed by atoms with Gasteiger partial charge in [-0.15, -0.1) is 0 Å². The highest BCUT2D eigenvalue weighted by atomic mass is 35.5. The maximum Gasteiger partial charge on any atom is 0.251 e. The number of amides is 1. The predicted molar refractivity (Wildman–Crippen MR) is 106 cm³/mol. The molecular weight excluding hydrogens is 348 g/mol. The van der Waals surface area contributed by atoms with Crippen molar-refractivity contribution in [1.29, 1.82) is 0 Å². The van der Waals surface area contributed by atoms with Gasteiger partial charge in [-0.05, 0) is 60.2 Å². The molecule has 0 saturated heterocycles. The summed E-state index contributed by atoms with van der Waals surface area (Å²) >= 11 is 6.53. The van der Waals surface area contributed by atoms with Crippen LogP contribution >= 0.6 is 11.6 Å². The molecule has 3 rings (SSSR count). The summed E-state index contributed by atoms with van der Waals surface area (Å²) in [5, 5.41) is 3.57. The van der Waals surface area contributed by atoms with Crippen LogP contribution in [0.4, 0.5) is 0 Å². The molecule has 0 spiro atoms. The van der Waals surface area contributed by atoms with Crippen molar-refractivity contribution in [2.75, 3.05) is 13.6 Å². The van der Waals surface area contributed by atoms with Gasteiger partial charge < -0.3 is 11.1 Å². The lowest BCUT2D eigenvalue weighted by Gasteiger charge is -2.21. The number of nitrogens with one attached hydrogen (secondary N) is 1. The number of hydrogen-bond acceptors (Lipinski definition) is 4. The van der Waals surface area contributed by atoms with E-state index in [4.69, 9.17) is 17.3 Å². The van der Waals surface area contributed by atoms with Gasteiger partial charge in [-0.1, -0.05) is 17.7 Å². The number of pyridine rings is 1. The first-order chi connectivity index (χ1) is 12.5. The number of nitrogens with zero attached hydrogens (tertiary/aromatic N) is 2. The molecule has 3 N–H and O–H groups in total. The summed E-state index contributed by atoms with van der Waals surface area (Å²) in [6, 6.07) is 5.82. The number of rotatable bonds is 4. The van der Waals surface area contributed by atoms with Gasteiger partial charge in [0, 0.05) is 36.6 Å². The Kier molecular flexibility index (Phi) is 5.38. The molecule has 0 saturated carbocycles. The van der Waals surface area contributed by atoms with E-state index in [0.29, 0.717) is 34.9 Å². The van der Waals surface area contributed by atoms with Gasteiger partial charge in [0.05, 0.1) is 11.4 Å². The average Bonchev–Trinajstić information content (AvgIpc) is 2.65. The first kappa shape index (κ1) is 18.1. The fraction of sp³-hybridized carbons (Fsp3) is 0.250. The zero-order valence-corrected chi connectivity index (χ0v) is 15.6. The van der Waals surface area contributed by atoms with Crippen LogP contribution in [0.3, 0.4) is 0 Å². The molecule has 0 atom stereocenters. The summed E-state index contributed by atoms with van der Waals surface area (Å²) in [6.45, 7) is 2.63. The summed E-state index contributed by atoms with van der Waals surface area (Å²) in [5.41, 5.74) is 11.9. The van der Waals surface area contributed by atoms with Gasteiger partial charge in [-0.2, -0.15) is 0 Å². The molecule has 0 bridgehead atoms. The van der Waals surface area contributed by atoms with Crippen LogP contribution in [0, 0.1) is 6.92 Å². The molecule has 6 heteroatoms. The number of aromatic nitrogens is 1. The number of carbonyl (C=O) groups is 1. The molecule has 134 valence electrons. The van der Waals surface area contributed by atoms with E-state index in [0.717, 1.165) is 28.7 Å². The number of allylic oxidation sites excluding steroid dienone is 1. The molecule has 0 radical (unpaired) electrons. The van der Waals surface area contributed by atoms with Crippen LogP contribution in [0.2, 0.25) is 5.02 Å². The van der Waals surface area contributed by atoms with Crippen LogP contribution in [0.25, 0.3) is 5.70 Å². The zero-order chi connectivity index (χ0) is 18.7. The summed E-state index contributed by atoms with van der Waals surface area (Å²) in [5.74, 6) is -0.0571. The summed E-state index contributed by atoms with van der Waals surface area (Å²) in [4.78, 5) is 20.4. The summed E-state index contributed by atoms with van der Waals surface area (Å²) < 4.78 is 0. The van der Waals surface area contributed by atoms with Crippen molar-refractivity contribution >= 4 is 29.4 Å². The third kappa shape index (κ3) is 3.63. The van der Waals surface area contributed by atoms with E-state index in [2.05, 4.69) is 15.3 Å². The van der Waals surface area contributed by atoms with Gasteiger partial charge in [0.2, 0.25) is 0 Å². The third-order valence-corrected chi connectivity index (χ3v) is 5.05. The van der Waals surface area contributed by atoms with Crippen LogP contribution in [0.1, 0.15) is 38.3 Å². The largest absolute Gasteiger partial charge is 0.397 e. The number of halogens is 1. The number of benzene rings is 1. The molecule has 0 aliphatic carbocycles. The van der Waals surface area contributed by atoms with E-state index in [1.165, 1.54) is 0 Å². The first-order valence-corrected chi connectivity index (χ1v) is 8.81. The van der Waals surface area contributed by atoms with Crippen molar-refractivity contribution in [3.05, 3.63) is 69.0 Å². The fourth-order valence-corrected chi connectivity index (χ4v) is 3.36. The number of nitrogens with two attached hydrogens (primary N) is 1. The van der Waals surface area contributed by atoms with Crippen LogP contribution in [0.5, 0.6) is 0 Å². The van der Waals surface area contributed by atoms with E-state index in [9.17, 15) is 4.79 Å². The van der Waals surface area contributed by atoms with Gasteiger partial charge in [0.15, 0.2) is 0 Å². The molecule has 1 aliphatic rings. The lowest BCUT2D eigenvalue weighted by Crippen LogP contribution is -2.32. The molecule has 0 fully saturated rings. The van der Waals surface area contributed by atoms with E-state index in [-0.39, 0.29) is 5.91 Å². The minimum absolute atomic E-state index is 0.0571. The Labute approximate surface area is 158 Å². The molecule has 26 heavy (non-hydrogen) atoms. The number of carbonyl (C=O) groups excluding carboxylic acids is 1. The van der Waals surface area contributed by atoms with E-state index >= 15 is 0 Å². The van der Waals surface area contributed by atoms with Crippen LogP contribution in [-0.4, -0.2) is 30.7 Å². The number of fused-ring (bicyclic) bond motifs is 1. The second kappa shape index (κ2) is 7.70. The Morgan fingerprint density at radius 1 is 1.46 bits per heavy atom. The molecule has 1 aromatic carbocycles. The maximum atomic E-state index is 12.1. The molecule has 2 aromatic rings. The minimum Gasteiger partial charge on any atom is -0.397 e. The summed E-state index contributed by atoms with van der Waals surface area (Å²) in [7, 11) is 1.69. The normalized spacial score (nSPS) is 14.4. The third-order valence-electron chi connectivity index (χ3n) is 4.54. The Hall–Kier alpha value is -2.66. The van der Waals surface area contributed by atoms with Crippen molar-refractivity contribution in [2.24, 2.45) is 10.7 Å². The molecule has 5 nitrogen and oxygen atoms in total. The van der Waals surface area contributed by atoms with Crippen molar-refractivity contribution < 1.29 is 4.79 Å². The summed E-state index contributed by atoms with van der Waals surface area (Å²) in [6.07, 6.45) is 6.57. The number of aliphatic imine (C=N–C) groups is 1. The monoisotopic (exact) mass is 368 g/mol. The van der Waals surface area contributed by atoms with Crippen LogP contribution < -0.4 is 11.1 Å². The molecule has 0 unspecified atom stereocenters. The highest BCUT2D eigenvalue weighted by Crippen LogP contribution is 2.31. The molecule has 1 amide bonds. The average molecular weight is 369 g/mol. The van der Waals surface area contributed by atoms with Crippen LogP contribution in [-0.2, 0) is 12.8 Å². The van der Waals surface area contributed by atoms with Gasteiger partial charge >= 0.3 is 0 Å².